The van der Waals surface area contributed by atoms with Gasteiger partial charge >= 0.3 is 0 Å². The van der Waals surface area contributed by atoms with Crippen LogP contribution in [0.1, 0.15) is 52.4 Å². The Morgan fingerprint density at radius 3 is 2.50 bits per heavy atom. The van der Waals surface area contributed by atoms with E-state index in [1.807, 2.05) is 13.8 Å². The molecule has 3 N–H and O–H groups in total. The van der Waals surface area contributed by atoms with Crippen LogP contribution in [0.25, 0.3) is 0 Å². The maximum absolute atomic E-state index is 11.4. The molecule has 1 fully saturated rings. The fourth-order valence-corrected chi connectivity index (χ4v) is 2.51. The standard InChI is InChI=1S/C16H32N4O2/c1-3-17-15(21)13-20-16(18-4-2)19-11-8-12-22-14-9-6-5-7-10-14/h14H,3-13H2,1-2H3,(H,17,21)(H2,18,19,20). The van der Waals surface area contributed by atoms with E-state index < -0.39 is 0 Å². The van der Waals surface area contributed by atoms with Crippen LogP contribution >= 0.6 is 0 Å². The molecule has 128 valence electrons. The van der Waals surface area contributed by atoms with E-state index in [1.54, 1.807) is 0 Å². The zero-order valence-electron chi connectivity index (χ0n) is 14.1. The minimum absolute atomic E-state index is 0.0552. The minimum atomic E-state index is -0.0552. The highest BCUT2D eigenvalue weighted by atomic mass is 16.5. The molecule has 0 aromatic carbocycles. The van der Waals surface area contributed by atoms with E-state index in [1.165, 1.54) is 32.1 Å². The van der Waals surface area contributed by atoms with Crippen LogP contribution in [-0.4, -0.2) is 50.8 Å². The van der Waals surface area contributed by atoms with Crippen LogP contribution in [0.4, 0.5) is 0 Å². The molecule has 6 heteroatoms. The van der Waals surface area contributed by atoms with Crippen molar-refractivity contribution in [1.82, 2.24) is 16.0 Å². The lowest BCUT2D eigenvalue weighted by Gasteiger charge is -2.22. The molecular formula is C16H32N4O2. The third-order valence-electron chi connectivity index (χ3n) is 3.62. The molecule has 0 radical (unpaired) electrons. The van der Waals surface area contributed by atoms with Crippen LogP contribution in [0.15, 0.2) is 4.99 Å². The third-order valence-corrected chi connectivity index (χ3v) is 3.62. The number of likely N-dealkylation sites (N-methyl/N-ethyl adjacent to an activating group) is 1. The molecule has 0 atom stereocenters. The average molecular weight is 312 g/mol. The highest BCUT2D eigenvalue weighted by Gasteiger charge is 2.12. The average Bonchev–Trinajstić information content (AvgIpc) is 2.53. The second-order valence-corrected chi connectivity index (χ2v) is 5.56. The van der Waals surface area contributed by atoms with Gasteiger partial charge in [-0.3, -0.25) is 4.79 Å². The van der Waals surface area contributed by atoms with Crippen LogP contribution in [0.3, 0.4) is 0 Å². The Labute approximate surface area is 134 Å². The summed E-state index contributed by atoms with van der Waals surface area (Å²) in [5.41, 5.74) is 0. The number of hydrogen-bond acceptors (Lipinski definition) is 3. The number of guanidine groups is 1. The van der Waals surface area contributed by atoms with Crippen LogP contribution in [0.5, 0.6) is 0 Å². The van der Waals surface area contributed by atoms with Crippen molar-refractivity contribution < 1.29 is 9.53 Å². The first-order chi connectivity index (χ1) is 10.8. The first-order valence-electron chi connectivity index (χ1n) is 8.66. The van der Waals surface area contributed by atoms with Gasteiger partial charge in [0.25, 0.3) is 0 Å². The molecule has 1 rings (SSSR count). The second kappa shape index (κ2) is 12.3. The maximum Gasteiger partial charge on any atom is 0.241 e. The van der Waals surface area contributed by atoms with Gasteiger partial charge in [0.05, 0.1) is 6.10 Å². The lowest BCUT2D eigenvalue weighted by Crippen LogP contribution is -2.39. The Balaban J connectivity index is 2.14. The van der Waals surface area contributed by atoms with Gasteiger partial charge in [-0.05, 0) is 33.1 Å². The fraction of sp³-hybridized carbons (Fsp3) is 0.875. The van der Waals surface area contributed by atoms with Gasteiger partial charge in [-0.15, -0.1) is 0 Å². The minimum Gasteiger partial charge on any atom is -0.378 e. The molecule has 0 saturated heterocycles. The van der Waals surface area contributed by atoms with E-state index in [-0.39, 0.29) is 12.5 Å². The van der Waals surface area contributed by atoms with Gasteiger partial charge in [-0.1, -0.05) is 19.3 Å². The molecule has 0 aromatic heterocycles. The van der Waals surface area contributed by atoms with Crippen LogP contribution in [0.2, 0.25) is 0 Å². The summed E-state index contributed by atoms with van der Waals surface area (Å²) in [6.45, 7) is 7.06. The summed E-state index contributed by atoms with van der Waals surface area (Å²) in [6.07, 6.45) is 7.81. The predicted octanol–water partition coefficient (Wildman–Crippen LogP) is 1.42. The summed E-state index contributed by atoms with van der Waals surface area (Å²) < 4.78 is 5.89. The van der Waals surface area contributed by atoms with Crippen molar-refractivity contribution in [2.75, 3.05) is 32.8 Å². The lowest BCUT2D eigenvalue weighted by molar-refractivity contribution is -0.119. The van der Waals surface area contributed by atoms with E-state index in [4.69, 9.17) is 4.74 Å². The van der Waals surface area contributed by atoms with Crippen molar-refractivity contribution in [1.29, 1.82) is 0 Å². The van der Waals surface area contributed by atoms with Gasteiger partial charge in [0.15, 0.2) is 5.96 Å². The number of amides is 1. The molecule has 0 spiro atoms. The molecule has 0 aromatic rings. The Kier molecular flexibility index (Phi) is 10.5. The number of ether oxygens (including phenoxy) is 1. The SMILES string of the molecule is CCNC(=O)CN=C(NCC)NCCCOC1CCCCC1. The number of carbonyl (C=O) groups is 1. The third kappa shape index (κ3) is 8.87. The van der Waals surface area contributed by atoms with Gasteiger partial charge in [-0.25, -0.2) is 4.99 Å². The predicted molar refractivity (Wildman–Crippen MR) is 90.1 cm³/mol. The number of nitrogens with zero attached hydrogens (tertiary/aromatic N) is 1. The number of carbonyl (C=O) groups excluding carboxylic acids is 1. The molecule has 0 bridgehead atoms. The van der Waals surface area contributed by atoms with Crippen molar-refractivity contribution in [3.8, 4) is 0 Å². The van der Waals surface area contributed by atoms with Gasteiger partial charge in [0.2, 0.25) is 5.91 Å². The highest BCUT2D eigenvalue weighted by molar-refractivity contribution is 5.84. The molecule has 1 aliphatic carbocycles. The summed E-state index contributed by atoms with van der Waals surface area (Å²) in [7, 11) is 0. The number of rotatable bonds is 9. The molecule has 1 saturated carbocycles. The van der Waals surface area contributed by atoms with E-state index in [0.29, 0.717) is 18.6 Å². The van der Waals surface area contributed by atoms with Crippen molar-refractivity contribution in [3.63, 3.8) is 0 Å². The van der Waals surface area contributed by atoms with Gasteiger partial charge < -0.3 is 20.7 Å². The van der Waals surface area contributed by atoms with E-state index in [2.05, 4.69) is 20.9 Å². The van der Waals surface area contributed by atoms with Crippen LogP contribution < -0.4 is 16.0 Å². The van der Waals surface area contributed by atoms with E-state index >= 15 is 0 Å². The van der Waals surface area contributed by atoms with Crippen molar-refractivity contribution in [3.05, 3.63) is 0 Å². The second-order valence-electron chi connectivity index (χ2n) is 5.56. The van der Waals surface area contributed by atoms with Crippen LogP contribution in [0, 0.1) is 0 Å². The topological polar surface area (TPSA) is 74.8 Å². The first kappa shape index (κ1) is 18.7. The number of hydrogen-bond donors (Lipinski definition) is 3. The van der Waals surface area contributed by atoms with Crippen molar-refractivity contribution >= 4 is 11.9 Å². The van der Waals surface area contributed by atoms with E-state index in [0.717, 1.165) is 26.1 Å². The van der Waals surface area contributed by atoms with Crippen molar-refractivity contribution in [2.45, 2.75) is 58.5 Å². The van der Waals surface area contributed by atoms with E-state index in [9.17, 15) is 4.79 Å². The summed E-state index contributed by atoms with van der Waals surface area (Å²) in [5.74, 6) is 0.631. The molecule has 0 aliphatic heterocycles. The number of aliphatic imine (C=N–C) groups is 1. The quantitative estimate of drug-likeness (QED) is 0.342. The monoisotopic (exact) mass is 312 g/mol. The first-order valence-corrected chi connectivity index (χ1v) is 8.66. The van der Waals surface area contributed by atoms with Crippen LogP contribution in [-0.2, 0) is 9.53 Å². The van der Waals surface area contributed by atoms with Gasteiger partial charge in [0.1, 0.15) is 6.54 Å². The summed E-state index contributed by atoms with van der Waals surface area (Å²) in [6, 6.07) is 0. The Bertz CT molecular complexity index is 328. The number of nitrogens with one attached hydrogen (secondary N) is 3. The zero-order valence-corrected chi connectivity index (χ0v) is 14.1. The molecule has 0 unspecified atom stereocenters. The Hall–Kier alpha value is -1.30. The highest BCUT2D eigenvalue weighted by Crippen LogP contribution is 2.20. The Morgan fingerprint density at radius 1 is 1.09 bits per heavy atom. The molecule has 6 nitrogen and oxygen atoms in total. The molecular weight excluding hydrogens is 280 g/mol. The normalized spacial score (nSPS) is 16.4. The largest absolute Gasteiger partial charge is 0.378 e. The molecule has 1 aliphatic rings. The molecule has 0 heterocycles. The molecule has 22 heavy (non-hydrogen) atoms. The van der Waals surface area contributed by atoms with Gasteiger partial charge in [-0.2, -0.15) is 0 Å². The van der Waals surface area contributed by atoms with Gasteiger partial charge in [0, 0.05) is 26.2 Å². The maximum atomic E-state index is 11.4. The Morgan fingerprint density at radius 2 is 1.82 bits per heavy atom. The molecule has 1 amide bonds. The smallest absolute Gasteiger partial charge is 0.241 e. The summed E-state index contributed by atoms with van der Waals surface area (Å²) >= 11 is 0. The zero-order chi connectivity index (χ0) is 16.0. The fourth-order valence-electron chi connectivity index (χ4n) is 2.51. The van der Waals surface area contributed by atoms with Crippen molar-refractivity contribution in [2.24, 2.45) is 4.99 Å². The lowest BCUT2D eigenvalue weighted by atomic mass is 9.98. The summed E-state index contributed by atoms with van der Waals surface area (Å²) in [4.78, 5) is 15.7. The summed E-state index contributed by atoms with van der Waals surface area (Å²) in [5, 5.41) is 9.11.